The highest BCUT2D eigenvalue weighted by molar-refractivity contribution is 9.10. The normalized spacial score (nSPS) is 10.7. The lowest BCUT2D eigenvalue weighted by atomic mass is 10.2. The highest BCUT2D eigenvalue weighted by atomic mass is 79.9. The Morgan fingerprint density at radius 1 is 1.39 bits per heavy atom. The fourth-order valence-corrected chi connectivity index (χ4v) is 2.47. The van der Waals surface area contributed by atoms with Crippen LogP contribution in [0.25, 0.3) is 0 Å². The highest BCUT2D eigenvalue weighted by Gasteiger charge is 2.09. The van der Waals surface area contributed by atoms with Crippen LogP contribution in [-0.2, 0) is 13.6 Å². The van der Waals surface area contributed by atoms with Crippen molar-refractivity contribution in [1.29, 1.82) is 0 Å². The predicted octanol–water partition coefficient (Wildman–Crippen LogP) is 2.99. The van der Waals surface area contributed by atoms with Crippen LogP contribution in [0.15, 0.2) is 22.7 Å². The average Bonchev–Trinajstić information content (AvgIpc) is 2.53. The Morgan fingerprint density at radius 2 is 2.11 bits per heavy atom. The van der Waals surface area contributed by atoms with Gasteiger partial charge in [-0.2, -0.15) is 5.10 Å². The van der Waals surface area contributed by atoms with Crippen molar-refractivity contribution >= 4 is 27.3 Å². The largest absolute Gasteiger partial charge is 0.399 e. The van der Waals surface area contributed by atoms with Gasteiger partial charge in [0.15, 0.2) is 0 Å². The first-order valence-corrected chi connectivity index (χ1v) is 6.56. The molecule has 0 spiro atoms. The van der Waals surface area contributed by atoms with Crippen LogP contribution in [0.5, 0.6) is 0 Å². The summed E-state index contributed by atoms with van der Waals surface area (Å²) < 4.78 is 2.88. The molecule has 1 aromatic carbocycles. The van der Waals surface area contributed by atoms with E-state index in [2.05, 4.69) is 33.3 Å². The molecule has 4 nitrogen and oxygen atoms in total. The molecule has 1 heterocycles. The molecule has 0 aliphatic carbocycles. The van der Waals surface area contributed by atoms with Crippen molar-refractivity contribution in [2.75, 3.05) is 11.1 Å². The molecule has 1 aromatic heterocycles. The van der Waals surface area contributed by atoms with Crippen LogP contribution in [0.2, 0.25) is 0 Å². The highest BCUT2D eigenvalue weighted by Crippen LogP contribution is 2.25. The Labute approximate surface area is 115 Å². The minimum atomic E-state index is 0.751. The second-order valence-electron chi connectivity index (χ2n) is 4.37. The third kappa shape index (κ3) is 2.51. The number of hydrogen-bond donors (Lipinski definition) is 2. The monoisotopic (exact) mass is 308 g/mol. The summed E-state index contributed by atoms with van der Waals surface area (Å²) in [7, 11) is 1.96. The molecule has 2 rings (SSSR count). The van der Waals surface area contributed by atoms with Gasteiger partial charge in [-0.3, -0.25) is 4.68 Å². The van der Waals surface area contributed by atoms with Gasteiger partial charge < -0.3 is 11.1 Å². The lowest BCUT2D eigenvalue weighted by molar-refractivity contribution is 0.730. The minimum Gasteiger partial charge on any atom is -0.399 e. The van der Waals surface area contributed by atoms with E-state index in [4.69, 9.17) is 5.73 Å². The van der Waals surface area contributed by atoms with Crippen LogP contribution >= 0.6 is 15.9 Å². The number of nitrogens with two attached hydrogens (primary N) is 1. The Balaban J connectivity index is 2.16. The lowest BCUT2D eigenvalue weighted by Crippen LogP contribution is -2.03. The molecule has 0 saturated heterocycles. The summed E-state index contributed by atoms with van der Waals surface area (Å²) in [6.45, 7) is 4.87. The van der Waals surface area contributed by atoms with Gasteiger partial charge in [-0.05, 0) is 48.0 Å². The van der Waals surface area contributed by atoms with Gasteiger partial charge in [-0.1, -0.05) is 0 Å². The van der Waals surface area contributed by atoms with Crippen molar-refractivity contribution in [3.05, 3.63) is 39.6 Å². The Bertz CT molecular complexity index is 575. The molecule has 5 heteroatoms. The van der Waals surface area contributed by atoms with Crippen LogP contribution in [-0.4, -0.2) is 9.78 Å². The molecule has 0 aliphatic rings. The van der Waals surface area contributed by atoms with E-state index in [1.165, 1.54) is 11.3 Å². The molecule has 0 bridgehead atoms. The maximum Gasteiger partial charge on any atom is 0.0646 e. The van der Waals surface area contributed by atoms with Crippen molar-refractivity contribution in [3.63, 3.8) is 0 Å². The van der Waals surface area contributed by atoms with E-state index in [-0.39, 0.29) is 0 Å². The molecule has 0 radical (unpaired) electrons. The smallest absolute Gasteiger partial charge is 0.0646 e. The van der Waals surface area contributed by atoms with Gasteiger partial charge in [0.2, 0.25) is 0 Å². The van der Waals surface area contributed by atoms with E-state index in [1.807, 2.05) is 36.9 Å². The Kier molecular flexibility index (Phi) is 3.61. The number of anilines is 2. The van der Waals surface area contributed by atoms with E-state index in [0.717, 1.165) is 28.1 Å². The molecule has 0 atom stereocenters. The van der Waals surface area contributed by atoms with Gasteiger partial charge in [0.1, 0.15) is 0 Å². The van der Waals surface area contributed by atoms with E-state index in [0.29, 0.717) is 0 Å². The summed E-state index contributed by atoms with van der Waals surface area (Å²) in [5.74, 6) is 0. The van der Waals surface area contributed by atoms with Crippen LogP contribution in [0.3, 0.4) is 0 Å². The zero-order chi connectivity index (χ0) is 13.3. The lowest BCUT2D eigenvalue weighted by Gasteiger charge is -2.09. The summed E-state index contributed by atoms with van der Waals surface area (Å²) in [6.07, 6.45) is 0. The Morgan fingerprint density at radius 3 is 2.67 bits per heavy atom. The SMILES string of the molecule is Cc1nn(C)c(C)c1CNc1ccc(N)cc1Br. The standard InChI is InChI=1S/C13H17BrN4/c1-8-11(9(2)18(3)17-8)7-16-13-5-4-10(15)6-12(13)14/h4-6,16H,7,15H2,1-3H3. The maximum absolute atomic E-state index is 5.72. The van der Waals surface area contributed by atoms with E-state index in [9.17, 15) is 0 Å². The van der Waals surface area contributed by atoms with Crippen LogP contribution in [0.4, 0.5) is 11.4 Å². The number of aromatic nitrogens is 2. The van der Waals surface area contributed by atoms with Crippen LogP contribution < -0.4 is 11.1 Å². The predicted molar refractivity (Wildman–Crippen MR) is 78.6 cm³/mol. The van der Waals surface area contributed by atoms with Crippen molar-refractivity contribution in [1.82, 2.24) is 9.78 Å². The maximum atomic E-state index is 5.72. The van der Waals surface area contributed by atoms with Gasteiger partial charge in [-0.25, -0.2) is 0 Å². The van der Waals surface area contributed by atoms with Crippen LogP contribution in [0, 0.1) is 13.8 Å². The average molecular weight is 309 g/mol. The Hall–Kier alpha value is -1.49. The molecular weight excluding hydrogens is 292 g/mol. The first kappa shape index (κ1) is 13.0. The summed E-state index contributed by atoms with van der Waals surface area (Å²) in [5.41, 5.74) is 11.0. The van der Waals surface area contributed by atoms with Gasteiger partial charge in [0, 0.05) is 40.7 Å². The second kappa shape index (κ2) is 5.02. The molecule has 0 unspecified atom stereocenters. The zero-order valence-electron chi connectivity index (χ0n) is 10.8. The fourth-order valence-electron chi connectivity index (χ4n) is 1.93. The third-order valence-corrected chi connectivity index (χ3v) is 3.76. The number of aryl methyl sites for hydroxylation is 2. The molecular formula is C13H17BrN4. The van der Waals surface area contributed by atoms with Gasteiger partial charge in [0.05, 0.1) is 5.69 Å². The number of hydrogen-bond acceptors (Lipinski definition) is 3. The number of rotatable bonds is 3. The zero-order valence-corrected chi connectivity index (χ0v) is 12.4. The molecule has 3 N–H and O–H groups in total. The van der Waals surface area contributed by atoms with E-state index in [1.54, 1.807) is 0 Å². The number of nitrogens with zero attached hydrogens (tertiary/aromatic N) is 2. The second-order valence-corrected chi connectivity index (χ2v) is 5.22. The quantitative estimate of drug-likeness (QED) is 0.857. The first-order valence-electron chi connectivity index (χ1n) is 5.77. The number of halogens is 1. The first-order chi connectivity index (χ1) is 8.49. The van der Waals surface area contributed by atoms with Gasteiger partial charge in [0.25, 0.3) is 0 Å². The van der Waals surface area contributed by atoms with Crippen molar-refractivity contribution in [2.45, 2.75) is 20.4 Å². The van der Waals surface area contributed by atoms with Gasteiger partial charge in [-0.15, -0.1) is 0 Å². The molecule has 0 fully saturated rings. The van der Waals surface area contributed by atoms with Crippen molar-refractivity contribution in [2.24, 2.45) is 7.05 Å². The van der Waals surface area contributed by atoms with E-state index >= 15 is 0 Å². The summed E-state index contributed by atoms with van der Waals surface area (Å²) in [5, 5.41) is 7.80. The molecule has 2 aromatic rings. The summed E-state index contributed by atoms with van der Waals surface area (Å²) in [4.78, 5) is 0. The molecule has 0 saturated carbocycles. The molecule has 96 valence electrons. The summed E-state index contributed by atoms with van der Waals surface area (Å²) in [6, 6.07) is 5.75. The van der Waals surface area contributed by atoms with Crippen molar-refractivity contribution in [3.8, 4) is 0 Å². The number of benzene rings is 1. The molecule has 18 heavy (non-hydrogen) atoms. The fraction of sp³-hybridized carbons (Fsp3) is 0.308. The third-order valence-electron chi connectivity index (χ3n) is 3.11. The number of nitrogens with one attached hydrogen (secondary N) is 1. The molecule has 0 aliphatic heterocycles. The minimum absolute atomic E-state index is 0.751. The van der Waals surface area contributed by atoms with Crippen molar-refractivity contribution < 1.29 is 0 Å². The van der Waals surface area contributed by atoms with E-state index < -0.39 is 0 Å². The topological polar surface area (TPSA) is 55.9 Å². The molecule has 0 amide bonds. The van der Waals surface area contributed by atoms with Crippen LogP contribution in [0.1, 0.15) is 17.0 Å². The number of nitrogen functional groups attached to an aromatic ring is 1. The van der Waals surface area contributed by atoms with Gasteiger partial charge >= 0.3 is 0 Å². The summed E-state index contributed by atoms with van der Waals surface area (Å²) >= 11 is 3.50.